The van der Waals surface area contributed by atoms with Crippen LogP contribution in [0.25, 0.3) is 0 Å². The van der Waals surface area contributed by atoms with Crippen molar-refractivity contribution in [3.8, 4) is 0 Å². The average Bonchev–Trinajstić information content (AvgIpc) is 2.34. The van der Waals surface area contributed by atoms with Crippen molar-refractivity contribution in [2.75, 3.05) is 26.4 Å². The van der Waals surface area contributed by atoms with Gasteiger partial charge in [0.05, 0.1) is 25.9 Å². The molecule has 1 aromatic carbocycles. The van der Waals surface area contributed by atoms with Gasteiger partial charge in [-0.1, -0.05) is 30.7 Å². The molecule has 0 bridgehead atoms. The maximum Gasteiger partial charge on any atom is 0.104 e. The van der Waals surface area contributed by atoms with E-state index in [1.165, 1.54) is 16.7 Å². The molecule has 1 aromatic rings. The third kappa shape index (κ3) is 4.03. The Morgan fingerprint density at radius 2 is 2.16 bits per heavy atom. The van der Waals surface area contributed by atoms with Gasteiger partial charge < -0.3 is 14.8 Å². The molecule has 1 fully saturated rings. The molecule has 1 unspecified atom stereocenters. The number of aryl methyl sites for hydroxylation is 2. The van der Waals surface area contributed by atoms with Crippen molar-refractivity contribution in [2.24, 2.45) is 0 Å². The summed E-state index contributed by atoms with van der Waals surface area (Å²) < 4.78 is 11.1. The number of hydrogen-bond donors (Lipinski definition) is 1. The van der Waals surface area contributed by atoms with Crippen LogP contribution < -0.4 is 5.32 Å². The molecular formula is C16H25NO2. The van der Waals surface area contributed by atoms with E-state index in [-0.39, 0.29) is 12.1 Å². The van der Waals surface area contributed by atoms with Crippen LogP contribution >= 0.6 is 0 Å². The van der Waals surface area contributed by atoms with Gasteiger partial charge in [0.1, 0.15) is 6.10 Å². The summed E-state index contributed by atoms with van der Waals surface area (Å²) in [5, 5.41) is 3.59. The topological polar surface area (TPSA) is 30.5 Å². The Bertz CT molecular complexity index is 402. The van der Waals surface area contributed by atoms with Crippen LogP contribution in [0, 0.1) is 13.8 Å². The summed E-state index contributed by atoms with van der Waals surface area (Å²) in [5.41, 5.74) is 3.98. The smallest absolute Gasteiger partial charge is 0.104 e. The van der Waals surface area contributed by atoms with E-state index >= 15 is 0 Å². The van der Waals surface area contributed by atoms with E-state index in [0.29, 0.717) is 0 Å². The molecule has 1 N–H and O–H groups in total. The predicted molar refractivity (Wildman–Crippen MR) is 77.5 cm³/mol. The molecule has 19 heavy (non-hydrogen) atoms. The molecule has 1 aliphatic rings. The summed E-state index contributed by atoms with van der Waals surface area (Å²) in [6.07, 6.45) is 1.42. The van der Waals surface area contributed by atoms with Crippen molar-refractivity contribution in [3.05, 3.63) is 34.9 Å². The second kappa shape index (κ2) is 7.04. The van der Waals surface area contributed by atoms with Crippen LogP contribution in [0.4, 0.5) is 0 Å². The second-order valence-electron chi connectivity index (χ2n) is 5.36. The molecule has 0 amide bonds. The predicted octanol–water partition coefficient (Wildman–Crippen LogP) is 2.76. The molecule has 1 aliphatic heterocycles. The van der Waals surface area contributed by atoms with Gasteiger partial charge in [-0.15, -0.1) is 0 Å². The zero-order valence-electron chi connectivity index (χ0n) is 12.2. The monoisotopic (exact) mass is 263 g/mol. The molecule has 0 radical (unpaired) electrons. The SMILES string of the molecule is CCCNC(COC1COC1)c1cc(C)ccc1C. The summed E-state index contributed by atoms with van der Waals surface area (Å²) in [7, 11) is 0. The fourth-order valence-corrected chi connectivity index (χ4v) is 2.26. The van der Waals surface area contributed by atoms with Crippen LogP contribution in [0.1, 0.15) is 36.1 Å². The maximum atomic E-state index is 5.90. The van der Waals surface area contributed by atoms with Crippen LogP contribution in [0.3, 0.4) is 0 Å². The first-order chi connectivity index (χ1) is 9.20. The Hall–Kier alpha value is -0.900. The maximum absolute atomic E-state index is 5.90. The molecule has 1 atom stereocenters. The van der Waals surface area contributed by atoms with Gasteiger partial charge in [0.2, 0.25) is 0 Å². The first-order valence-electron chi connectivity index (χ1n) is 7.20. The van der Waals surface area contributed by atoms with E-state index in [0.717, 1.165) is 32.8 Å². The van der Waals surface area contributed by atoms with Gasteiger partial charge in [-0.25, -0.2) is 0 Å². The van der Waals surface area contributed by atoms with Gasteiger partial charge in [0, 0.05) is 0 Å². The van der Waals surface area contributed by atoms with Crippen LogP contribution in [0.5, 0.6) is 0 Å². The molecule has 1 heterocycles. The largest absolute Gasteiger partial charge is 0.376 e. The van der Waals surface area contributed by atoms with Crippen LogP contribution in [-0.2, 0) is 9.47 Å². The Morgan fingerprint density at radius 1 is 1.37 bits per heavy atom. The quantitative estimate of drug-likeness (QED) is 0.820. The van der Waals surface area contributed by atoms with E-state index < -0.39 is 0 Å². The van der Waals surface area contributed by atoms with Gasteiger partial charge >= 0.3 is 0 Å². The molecular weight excluding hydrogens is 238 g/mol. The molecule has 3 nitrogen and oxygen atoms in total. The van der Waals surface area contributed by atoms with Gasteiger partial charge in [-0.3, -0.25) is 0 Å². The average molecular weight is 263 g/mol. The van der Waals surface area contributed by atoms with Gasteiger partial charge in [0.15, 0.2) is 0 Å². The lowest BCUT2D eigenvalue weighted by molar-refractivity contribution is -0.133. The van der Waals surface area contributed by atoms with Gasteiger partial charge in [-0.2, -0.15) is 0 Å². The number of nitrogens with one attached hydrogen (secondary N) is 1. The lowest BCUT2D eigenvalue weighted by Crippen LogP contribution is -2.38. The molecule has 1 saturated heterocycles. The summed E-state index contributed by atoms with van der Waals surface area (Å²) >= 11 is 0. The molecule has 0 spiro atoms. The minimum absolute atomic E-state index is 0.278. The number of benzene rings is 1. The summed E-state index contributed by atoms with van der Waals surface area (Å²) in [4.78, 5) is 0. The summed E-state index contributed by atoms with van der Waals surface area (Å²) in [6, 6.07) is 6.90. The van der Waals surface area contributed by atoms with E-state index in [1.54, 1.807) is 0 Å². The summed E-state index contributed by atoms with van der Waals surface area (Å²) in [6.45, 7) is 9.72. The van der Waals surface area contributed by atoms with E-state index in [2.05, 4.69) is 44.3 Å². The Labute approximate surface area is 116 Å². The molecule has 106 valence electrons. The molecule has 3 heteroatoms. The van der Waals surface area contributed by atoms with Crippen LogP contribution in [0.15, 0.2) is 18.2 Å². The fraction of sp³-hybridized carbons (Fsp3) is 0.625. The van der Waals surface area contributed by atoms with Crippen molar-refractivity contribution < 1.29 is 9.47 Å². The van der Waals surface area contributed by atoms with Crippen molar-refractivity contribution in [2.45, 2.75) is 39.3 Å². The highest BCUT2D eigenvalue weighted by Crippen LogP contribution is 2.21. The lowest BCUT2D eigenvalue weighted by atomic mass is 9.99. The highest BCUT2D eigenvalue weighted by atomic mass is 16.6. The Balaban J connectivity index is 2.03. The first-order valence-corrected chi connectivity index (χ1v) is 7.20. The molecule has 2 rings (SSSR count). The van der Waals surface area contributed by atoms with Crippen molar-refractivity contribution >= 4 is 0 Å². The first kappa shape index (κ1) is 14.5. The highest BCUT2D eigenvalue weighted by molar-refractivity contribution is 5.33. The van der Waals surface area contributed by atoms with Gasteiger partial charge in [-0.05, 0) is 37.9 Å². The third-order valence-corrected chi connectivity index (χ3v) is 3.56. The second-order valence-corrected chi connectivity index (χ2v) is 5.36. The van der Waals surface area contributed by atoms with Crippen molar-refractivity contribution in [3.63, 3.8) is 0 Å². The molecule has 0 aromatic heterocycles. The standard InChI is InChI=1S/C16H25NO2/c1-4-7-17-16(11-19-14-9-18-10-14)15-8-12(2)5-6-13(15)3/h5-6,8,14,16-17H,4,7,9-11H2,1-3H3. The minimum Gasteiger partial charge on any atom is -0.376 e. The molecule has 0 saturated carbocycles. The zero-order chi connectivity index (χ0) is 13.7. The number of ether oxygens (including phenoxy) is 2. The normalized spacial score (nSPS) is 17.2. The third-order valence-electron chi connectivity index (χ3n) is 3.56. The number of rotatable bonds is 7. The Morgan fingerprint density at radius 3 is 2.79 bits per heavy atom. The Kier molecular flexibility index (Phi) is 5.37. The van der Waals surface area contributed by atoms with Crippen molar-refractivity contribution in [1.82, 2.24) is 5.32 Å². The fourth-order valence-electron chi connectivity index (χ4n) is 2.26. The van der Waals surface area contributed by atoms with Gasteiger partial charge in [0.25, 0.3) is 0 Å². The minimum atomic E-state index is 0.278. The highest BCUT2D eigenvalue weighted by Gasteiger charge is 2.21. The molecule has 0 aliphatic carbocycles. The van der Waals surface area contributed by atoms with Crippen LogP contribution in [-0.4, -0.2) is 32.5 Å². The van der Waals surface area contributed by atoms with E-state index in [9.17, 15) is 0 Å². The zero-order valence-corrected chi connectivity index (χ0v) is 12.2. The number of hydrogen-bond acceptors (Lipinski definition) is 3. The summed E-state index contributed by atoms with van der Waals surface area (Å²) in [5.74, 6) is 0. The van der Waals surface area contributed by atoms with Crippen molar-refractivity contribution in [1.29, 1.82) is 0 Å². The van der Waals surface area contributed by atoms with E-state index in [4.69, 9.17) is 9.47 Å². The lowest BCUT2D eigenvalue weighted by Gasteiger charge is -2.29. The van der Waals surface area contributed by atoms with Crippen LogP contribution in [0.2, 0.25) is 0 Å². The van der Waals surface area contributed by atoms with E-state index in [1.807, 2.05) is 0 Å².